The lowest BCUT2D eigenvalue weighted by Gasteiger charge is -2.10. The van der Waals surface area contributed by atoms with Crippen molar-refractivity contribution in [2.75, 3.05) is 17.6 Å². The molecule has 0 aliphatic carbocycles. The van der Waals surface area contributed by atoms with Gasteiger partial charge >= 0.3 is 0 Å². The number of nitrogens with one attached hydrogen (secondary N) is 2. The number of aryl methyl sites for hydroxylation is 2. The van der Waals surface area contributed by atoms with Gasteiger partial charge in [0, 0.05) is 18.5 Å². The molecule has 0 aliphatic rings. The van der Waals surface area contributed by atoms with E-state index in [2.05, 4.69) is 46.8 Å². The number of hydrogen-bond acceptors (Lipinski definition) is 3. The maximum atomic E-state index is 5.27. The molecule has 0 amide bonds. The lowest BCUT2D eigenvalue weighted by atomic mass is 10.1. The summed E-state index contributed by atoms with van der Waals surface area (Å²) in [5.41, 5.74) is 3.93. The highest BCUT2D eigenvalue weighted by Gasteiger charge is 1.99. The van der Waals surface area contributed by atoms with Crippen molar-refractivity contribution in [2.24, 2.45) is 0 Å². The van der Waals surface area contributed by atoms with Crippen molar-refractivity contribution in [3.63, 3.8) is 0 Å². The van der Waals surface area contributed by atoms with E-state index in [9.17, 15) is 0 Å². The zero-order valence-electron chi connectivity index (χ0n) is 13.6. The molecule has 1 aromatic heterocycles. The minimum Gasteiger partial charge on any atom is -0.362 e. The fraction of sp³-hybridized carbons (Fsp3) is 0.333. The summed E-state index contributed by atoms with van der Waals surface area (Å²) in [7, 11) is 0. The smallest absolute Gasteiger partial charge is 0.171 e. The van der Waals surface area contributed by atoms with Crippen LogP contribution in [0, 0.1) is 13.8 Å². The predicted molar refractivity (Wildman–Crippen MR) is 105 cm³/mol. The first-order chi connectivity index (χ1) is 11.1. The van der Waals surface area contributed by atoms with Gasteiger partial charge in [-0.15, -0.1) is 0 Å². The number of anilines is 1. The molecule has 2 N–H and O–H groups in total. The van der Waals surface area contributed by atoms with Crippen LogP contribution < -0.4 is 10.6 Å². The summed E-state index contributed by atoms with van der Waals surface area (Å²) < 4.78 is 0. The van der Waals surface area contributed by atoms with Crippen LogP contribution in [0.2, 0.25) is 0 Å². The number of rotatable bonds is 7. The molecule has 0 atom stereocenters. The highest BCUT2D eigenvalue weighted by molar-refractivity contribution is 7.98. The SMILES string of the molecule is Cc1ccc(NC(=S)NCCCSCc2ccccc2C)nc1. The minimum atomic E-state index is 0.630. The third-order valence-electron chi connectivity index (χ3n) is 3.42. The van der Waals surface area contributed by atoms with Crippen molar-refractivity contribution in [1.82, 2.24) is 10.3 Å². The average molecular weight is 346 g/mol. The van der Waals surface area contributed by atoms with Gasteiger partial charge in [0.05, 0.1) is 0 Å². The highest BCUT2D eigenvalue weighted by Crippen LogP contribution is 2.16. The van der Waals surface area contributed by atoms with Crippen LogP contribution in [0.4, 0.5) is 5.82 Å². The van der Waals surface area contributed by atoms with Crippen LogP contribution in [0.25, 0.3) is 0 Å². The van der Waals surface area contributed by atoms with E-state index >= 15 is 0 Å². The van der Waals surface area contributed by atoms with Gasteiger partial charge in [-0.25, -0.2) is 4.98 Å². The molecule has 0 radical (unpaired) electrons. The van der Waals surface area contributed by atoms with Gasteiger partial charge in [-0.05, 0) is 61.0 Å². The standard InChI is InChI=1S/C18H23N3S2/c1-14-8-9-17(20-12-14)21-18(22)19-10-5-11-23-13-16-7-4-3-6-15(16)2/h3-4,6-9,12H,5,10-11,13H2,1-2H3,(H2,19,20,21,22). The third kappa shape index (κ3) is 6.59. The van der Waals surface area contributed by atoms with Crippen molar-refractivity contribution >= 4 is 34.9 Å². The summed E-state index contributed by atoms with van der Waals surface area (Å²) in [5.74, 6) is 2.97. The van der Waals surface area contributed by atoms with Crippen molar-refractivity contribution in [3.05, 3.63) is 59.3 Å². The zero-order chi connectivity index (χ0) is 16.5. The Morgan fingerprint density at radius 2 is 2.00 bits per heavy atom. The zero-order valence-corrected chi connectivity index (χ0v) is 15.3. The molecule has 5 heteroatoms. The van der Waals surface area contributed by atoms with E-state index in [0.717, 1.165) is 35.9 Å². The quantitative estimate of drug-likeness (QED) is 0.578. The molecule has 0 saturated carbocycles. The second-order valence-corrected chi connectivity index (χ2v) is 6.95. The molecule has 0 bridgehead atoms. The van der Waals surface area contributed by atoms with E-state index in [1.807, 2.05) is 37.0 Å². The van der Waals surface area contributed by atoms with Gasteiger partial charge in [0.25, 0.3) is 0 Å². The van der Waals surface area contributed by atoms with Crippen LogP contribution in [0.1, 0.15) is 23.1 Å². The molecular weight excluding hydrogens is 322 g/mol. The summed E-state index contributed by atoms with van der Waals surface area (Å²) in [6.45, 7) is 5.06. The molecule has 1 aromatic carbocycles. The Hall–Kier alpha value is -1.59. The van der Waals surface area contributed by atoms with Crippen molar-refractivity contribution in [1.29, 1.82) is 0 Å². The second-order valence-electron chi connectivity index (χ2n) is 5.43. The Balaban J connectivity index is 1.57. The Morgan fingerprint density at radius 3 is 2.74 bits per heavy atom. The Morgan fingerprint density at radius 1 is 1.17 bits per heavy atom. The van der Waals surface area contributed by atoms with Crippen LogP contribution in [-0.4, -0.2) is 22.4 Å². The maximum Gasteiger partial charge on any atom is 0.171 e. The minimum absolute atomic E-state index is 0.630. The number of pyridine rings is 1. The first-order valence-electron chi connectivity index (χ1n) is 7.75. The fourth-order valence-corrected chi connectivity index (χ4v) is 3.28. The van der Waals surface area contributed by atoms with Crippen LogP contribution in [0.15, 0.2) is 42.6 Å². The lowest BCUT2D eigenvalue weighted by molar-refractivity contribution is 0.854. The first-order valence-corrected chi connectivity index (χ1v) is 9.31. The van der Waals surface area contributed by atoms with Gasteiger partial charge < -0.3 is 10.6 Å². The summed E-state index contributed by atoms with van der Waals surface area (Å²) in [6, 6.07) is 12.5. The van der Waals surface area contributed by atoms with Crippen molar-refractivity contribution in [3.8, 4) is 0 Å². The Kier molecular flexibility index (Phi) is 7.36. The van der Waals surface area contributed by atoms with Crippen LogP contribution in [0.3, 0.4) is 0 Å². The van der Waals surface area contributed by atoms with E-state index < -0.39 is 0 Å². The normalized spacial score (nSPS) is 10.3. The Bertz CT molecular complexity index is 626. The molecule has 0 unspecified atom stereocenters. The van der Waals surface area contributed by atoms with Gasteiger partial charge in [0.1, 0.15) is 5.82 Å². The Labute approximate surface area is 148 Å². The molecule has 0 spiro atoms. The predicted octanol–water partition coefficient (Wildman–Crippen LogP) is 4.31. The average Bonchev–Trinajstić information content (AvgIpc) is 2.54. The fourth-order valence-electron chi connectivity index (χ4n) is 2.03. The van der Waals surface area contributed by atoms with Crippen LogP contribution in [-0.2, 0) is 5.75 Å². The summed E-state index contributed by atoms with van der Waals surface area (Å²) >= 11 is 7.23. The molecule has 0 fully saturated rings. The molecular formula is C18H23N3S2. The molecule has 122 valence electrons. The number of thioether (sulfide) groups is 1. The van der Waals surface area contributed by atoms with E-state index in [-0.39, 0.29) is 0 Å². The van der Waals surface area contributed by atoms with Crippen LogP contribution in [0.5, 0.6) is 0 Å². The first kappa shape index (κ1) is 17.8. The van der Waals surface area contributed by atoms with E-state index in [1.165, 1.54) is 11.1 Å². The van der Waals surface area contributed by atoms with Gasteiger partial charge in [-0.2, -0.15) is 11.8 Å². The molecule has 2 aromatic rings. The lowest BCUT2D eigenvalue weighted by Crippen LogP contribution is -2.29. The van der Waals surface area contributed by atoms with Gasteiger partial charge in [-0.3, -0.25) is 0 Å². The van der Waals surface area contributed by atoms with Gasteiger partial charge in [0.15, 0.2) is 5.11 Å². The molecule has 3 nitrogen and oxygen atoms in total. The molecule has 1 heterocycles. The van der Waals surface area contributed by atoms with Gasteiger partial charge in [-0.1, -0.05) is 30.3 Å². The molecule has 0 aliphatic heterocycles. The van der Waals surface area contributed by atoms with Gasteiger partial charge in [0.2, 0.25) is 0 Å². The van der Waals surface area contributed by atoms with Crippen molar-refractivity contribution < 1.29 is 0 Å². The number of benzene rings is 1. The van der Waals surface area contributed by atoms with E-state index in [0.29, 0.717) is 5.11 Å². The number of thiocarbonyl (C=S) groups is 1. The number of nitrogens with zero attached hydrogens (tertiary/aromatic N) is 1. The largest absolute Gasteiger partial charge is 0.362 e. The van der Waals surface area contributed by atoms with Crippen molar-refractivity contribution in [2.45, 2.75) is 26.0 Å². The van der Waals surface area contributed by atoms with E-state index in [1.54, 1.807) is 0 Å². The molecule has 0 saturated heterocycles. The summed E-state index contributed by atoms with van der Waals surface area (Å²) in [6.07, 6.45) is 2.91. The highest BCUT2D eigenvalue weighted by atomic mass is 32.2. The second kappa shape index (κ2) is 9.53. The summed E-state index contributed by atoms with van der Waals surface area (Å²) in [5, 5.41) is 6.95. The maximum absolute atomic E-state index is 5.27. The van der Waals surface area contributed by atoms with E-state index in [4.69, 9.17) is 12.2 Å². The number of aromatic nitrogens is 1. The topological polar surface area (TPSA) is 37.0 Å². The molecule has 2 rings (SSSR count). The third-order valence-corrected chi connectivity index (χ3v) is 4.76. The van der Waals surface area contributed by atoms with Crippen LogP contribution >= 0.6 is 24.0 Å². The summed E-state index contributed by atoms with van der Waals surface area (Å²) in [4.78, 5) is 4.28. The molecule has 23 heavy (non-hydrogen) atoms. The number of hydrogen-bond donors (Lipinski definition) is 2. The monoisotopic (exact) mass is 345 g/mol.